The Morgan fingerprint density at radius 2 is 1.93 bits per heavy atom. The molecule has 0 saturated carbocycles. The van der Waals surface area contributed by atoms with E-state index in [1.165, 1.54) is 4.31 Å². The van der Waals surface area contributed by atoms with Crippen LogP contribution in [0.1, 0.15) is 19.8 Å². The smallest absolute Gasteiger partial charge is 0.195 e. The molecule has 2 atom stereocenters. The van der Waals surface area contributed by atoms with Gasteiger partial charge in [0, 0.05) is 31.5 Å². The third-order valence-corrected chi connectivity index (χ3v) is 5.30. The van der Waals surface area contributed by atoms with Crippen molar-refractivity contribution in [3.05, 3.63) is 0 Å². The Kier molecular flexibility index (Phi) is 3.96. The Bertz CT molecular complexity index is 292. The summed E-state index contributed by atoms with van der Waals surface area (Å²) in [4.78, 5) is 0.286. The number of piperidine rings is 1. The Hall–Kier alpha value is 0.350. The molecule has 4 nitrogen and oxygen atoms in total. The molecule has 0 spiro atoms. The van der Waals surface area contributed by atoms with Crippen LogP contribution in [0, 0.1) is 0 Å². The van der Waals surface area contributed by atoms with Crippen molar-refractivity contribution < 1.29 is 8.42 Å². The summed E-state index contributed by atoms with van der Waals surface area (Å²) in [6.45, 7) is 2.53. The zero-order valence-electron chi connectivity index (χ0n) is 8.77. The number of nitrogens with zero attached hydrogens (tertiary/aromatic N) is 2. The van der Waals surface area contributed by atoms with Gasteiger partial charge < -0.3 is 0 Å². The number of hydrogen-bond donors (Lipinski definition) is 0. The highest BCUT2D eigenvalue weighted by atomic mass is 79.9. The molecule has 2 unspecified atom stereocenters. The van der Waals surface area contributed by atoms with E-state index in [0.29, 0.717) is 6.54 Å². The van der Waals surface area contributed by atoms with Crippen LogP contribution in [0.2, 0.25) is 0 Å². The van der Waals surface area contributed by atoms with Crippen LogP contribution in [0.5, 0.6) is 0 Å². The first kappa shape index (κ1) is 12.4. The fraction of sp³-hybridized carbons (Fsp3) is 1.00. The monoisotopic (exact) mass is 284 g/mol. The summed E-state index contributed by atoms with van der Waals surface area (Å²) < 4.78 is 26.6. The van der Waals surface area contributed by atoms with Gasteiger partial charge in [-0.05, 0) is 19.8 Å². The maximum Gasteiger partial charge on any atom is 0.281 e. The van der Waals surface area contributed by atoms with Gasteiger partial charge in [0.25, 0.3) is 10.2 Å². The third kappa shape index (κ3) is 2.48. The standard InChI is InChI=1S/C8H17BrN2O2S/c1-7-4-5-8(9)6-11(7)14(12,13)10(2)3/h7-8H,4-6H2,1-3H3. The molecule has 0 aliphatic carbocycles. The van der Waals surface area contributed by atoms with Crippen LogP contribution in [-0.4, -0.2) is 48.5 Å². The molecule has 1 rings (SSSR count). The summed E-state index contributed by atoms with van der Waals surface area (Å²) in [6.07, 6.45) is 1.96. The van der Waals surface area contributed by atoms with Gasteiger partial charge in [-0.15, -0.1) is 0 Å². The molecule has 1 aliphatic rings. The number of hydrogen-bond acceptors (Lipinski definition) is 2. The number of halogens is 1. The van der Waals surface area contributed by atoms with Crippen LogP contribution in [0.4, 0.5) is 0 Å². The lowest BCUT2D eigenvalue weighted by molar-refractivity contribution is 0.261. The lowest BCUT2D eigenvalue weighted by atomic mass is 10.1. The number of alkyl halides is 1. The van der Waals surface area contributed by atoms with Gasteiger partial charge in [0.2, 0.25) is 0 Å². The van der Waals surface area contributed by atoms with Crippen molar-refractivity contribution in [1.29, 1.82) is 0 Å². The topological polar surface area (TPSA) is 40.6 Å². The molecule has 84 valence electrons. The van der Waals surface area contributed by atoms with Gasteiger partial charge in [0.1, 0.15) is 0 Å². The Balaban J connectivity index is 2.85. The van der Waals surface area contributed by atoms with E-state index in [1.54, 1.807) is 18.4 Å². The minimum absolute atomic E-state index is 0.108. The van der Waals surface area contributed by atoms with Crippen LogP contribution in [0.25, 0.3) is 0 Å². The largest absolute Gasteiger partial charge is 0.281 e. The summed E-state index contributed by atoms with van der Waals surface area (Å²) >= 11 is 3.47. The van der Waals surface area contributed by atoms with Gasteiger partial charge in [-0.1, -0.05) is 15.9 Å². The van der Waals surface area contributed by atoms with E-state index in [0.717, 1.165) is 12.8 Å². The molecular weight excluding hydrogens is 268 g/mol. The quantitative estimate of drug-likeness (QED) is 0.711. The normalized spacial score (nSPS) is 30.9. The molecule has 1 saturated heterocycles. The van der Waals surface area contributed by atoms with Crippen molar-refractivity contribution in [2.45, 2.75) is 30.6 Å². The molecule has 0 aromatic rings. The van der Waals surface area contributed by atoms with Gasteiger partial charge in [-0.2, -0.15) is 17.0 Å². The molecular formula is C8H17BrN2O2S. The highest BCUT2D eigenvalue weighted by Gasteiger charge is 2.34. The van der Waals surface area contributed by atoms with Gasteiger partial charge in [0.15, 0.2) is 0 Å². The molecule has 0 aromatic carbocycles. The maximum atomic E-state index is 11.9. The van der Waals surface area contributed by atoms with E-state index in [1.807, 2.05) is 6.92 Å². The zero-order valence-corrected chi connectivity index (χ0v) is 11.2. The number of rotatable bonds is 2. The average molecular weight is 285 g/mol. The van der Waals surface area contributed by atoms with Crippen molar-refractivity contribution in [3.8, 4) is 0 Å². The second kappa shape index (κ2) is 4.47. The van der Waals surface area contributed by atoms with Crippen LogP contribution in [0.15, 0.2) is 0 Å². The molecule has 0 amide bonds. The highest BCUT2D eigenvalue weighted by Crippen LogP contribution is 2.25. The lowest BCUT2D eigenvalue weighted by Gasteiger charge is -2.36. The van der Waals surface area contributed by atoms with Crippen molar-refractivity contribution in [3.63, 3.8) is 0 Å². The third-order valence-electron chi connectivity index (χ3n) is 2.53. The highest BCUT2D eigenvalue weighted by molar-refractivity contribution is 9.09. The minimum Gasteiger partial charge on any atom is -0.195 e. The van der Waals surface area contributed by atoms with Crippen LogP contribution in [0.3, 0.4) is 0 Å². The molecule has 14 heavy (non-hydrogen) atoms. The second-order valence-corrected chi connectivity index (χ2v) is 7.27. The zero-order chi connectivity index (χ0) is 10.9. The van der Waals surface area contributed by atoms with Crippen molar-refractivity contribution in [2.75, 3.05) is 20.6 Å². The molecule has 0 aromatic heterocycles. The van der Waals surface area contributed by atoms with Crippen LogP contribution < -0.4 is 0 Å². The van der Waals surface area contributed by atoms with Gasteiger partial charge in [0.05, 0.1) is 0 Å². The molecule has 0 N–H and O–H groups in total. The van der Waals surface area contributed by atoms with Crippen molar-refractivity contribution >= 4 is 26.1 Å². The maximum absolute atomic E-state index is 11.9. The van der Waals surface area contributed by atoms with E-state index in [9.17, 15) is 8.42 Å². The second-order valence-electron chi connectivity index (χ2n) is 3.88. The van der Waals surface area contributed by atoms with Crippen LogP contribution >= 0.6 is 15.9 Å². The van der Waals surface area contributed by atoms with E-state index >= 15 is 0 Å². The molecule has 1 fully saturated rings. The van der Waals surface area contributed by atoms with Crippen molar-refractivity contribution in [1.82, 2.24) is 8.61 Å². The fourth-order valence-electron chi connectivity index (χ4n) is 1.56. The molecule has 1 aliphatic heterocycles. The lowest BCUT2D eigenvalue weighted by Crippen LogP contribution is -2.50. The van der Waals surface area contributed by atoms with E-state index < -0.39 is 10.2 Å². The van der Waals surface area contributed by atoms with E-state index in [2.05, 4.69) is 15.9 Å². The summed E-state index contributed by atoms with van der Waals surface area (Å²) in [5, 5.41) is 0. The van der Waals surface area contributed by atoms with E-state index in [-0.39, 0.29) is 10.9 Å². The Morgan fingerprint density at radius 3 is 2.43 bits per heavy atom. The predicted molar refractivity (Wildman–Crippen MR) is 60.7 cm³/mol. The van der Waals surface area contributed by atoms with Gasteiger partial charge in [-0.25, -0.2) is 0 Å². The first-order chi connectivity index (χ1) is 6.35. The average Bonchev–Trinajstić information content (AvgIpc) is 2.08. The Morgan fingerprint density at radius 1 is 1.36 bits per heavy atom. The van der Waals surface area contributed by atoms with Gasteiger partial charge in [-0.3, -0.25) is 0 Å². The first-order valence-corrected chi connectivity index (χ1v) is 7.00. The van der Waals surface area contributed by atoms with Crippen molar-refractivity contribution in [2.24, 2.45) is 0 Å². The summed E-state index contributed by atoms with van der Waals surface area (Å²) in [7, 11) is -0.107. The summed E-state index contributed by atoms with van der Waals surface area (Å²) in [5.74, 6) is 0. The Labute approximate surface area is 94.6 Å². The van der Waals surface area contributed by atoms with Gasteiger partial charge >= 0.3 is 0 Å². The molecule has 0 bridgehead atoms. The minimum atomic E-state index is -3.25. The fourth-order valence-corrected chi connectivity index (χ4v) is 3.68. The predicted octanol–water partition coefficient (Wildman–Crippen LogP) is 1.04. The summed E-state index contributed by atoms with van der Waals surface area (Å²) in [5.41, 5.74) is 0. The molecule has 0 radical (unpaired) electrons. The molecule has 6 heteroatoms. The molecule has 1 heterocycles. The summed E-state index contributed by atoms with van der Waals surface area (Å²) in [6, 6.07) is 0.108. The van der Waals surface area contributed by atoms with E-state index in [4.69, 9.17) is 0 Å². The first-order valence-electron chi connectivity index (χ1n) is 4.69. The SMILES string of the molecule is CC1CCC(Br)CN1S(=O)(=O)N(C)C. The van der Waals surface area contributed by atoms with Crippen LogP contribution in [-0.2, 0) is 10.2 Å².